The van der Waals surface area contributed by atoms with Gasteiger partial charge in [0.25, 0.3) is 5.69 Å². The number of amides is 1. The monoisotopic (exact) mass is 302 g/mol. The molecule has 5 nitrogen and oxygen atoms in total. The van der Waals surface area contributed by atoms with Crippen LogP contribution in [0.1, 0.15) is 5.56 Å². The predicted octanol–water partition coefficient (Wildman–Crippen LogP) is 3.50. The Hall–Kier alpha value is -2.34. The van der Waals surface area contributed by atoms with Crippen LogP contribution in [0.2, 0.25) is 0 Å². The number of rotatable bonds is 5. The number of hydrogen-bond acceptors (Lipinski definition) is 4. The van der Waals surface area contributed by atoms with Gasteiger partial charge in [0.2, 0.25) is 5.91 Å². The molecule has 0 fully saturated rings. The van der Waals surface area contributed by atoms with E-state index in [1.165, 1.54) is 6.07 Å². The van der Waals surface area contributed by atoms with Crippen LogP contribution in [0.5, 0.6) is 0 Å². The first-order valence-corrected chi connectivity index (χ1v) is 7.49. The zero-order chi connectivity index (χ0) is 15.2. The van der Waals surface area contributed by atoms with E-state index in [0.717, 1.165) is 4.90 Å². The van der Waals surface area contributed by atoms with Gasteiger partial charge in [-0.25, -0.2) is 0 Å². The van der Waals surface area contributed by atoms with Crippen molar-refractivity contribution in [1.29, 1.82) is 0 Å². The quantitative estimate of drug-likeness (QED) is 0.521. The molecule has 0 aliphatic rings. The van der Waals surface area contributed by atoms with E-state index in [1.54, 1.807) is 30.0 Å². The summed E-state index contributed by atoms with van der Waals surface area (Å²) in [6, 6.07) is 13.7. The van der Waals surface area contributed by atoms with Crippen LogP contribution < -0.4 is 5.32 Å². The number of para-hydroxylation sites is 1. The van der Waals surface area contributed by atoms with Crippen molar-refractivity contribution in [2.45, 2.75) is 11.3 Å². The second-order valence-corrected chi connectivity index (χ2v) is 5.22. The highest BCUT2D eigenvalue weighted by Crippen LogP contribution is 2.20. The summed E-state index contributed by atoms with van der Waals surface area (Å²) in [5.41, 5.74) is 1.04. The van der Waals surface area contributed by atoms with E-state index in [-0.39, 0.29) is 18.0 Å². The lowest BCUT2D eigenvalue weighted by Crippen LogP contribution is -2.15. The second-order valence-electron chi connectivity index (χ2n) is 4.34. The van der Waals surface area contributed by atoms with Crippen molar-refractivity contribution in [3.63, 3.8) is 0 Å². The standard InChI is InChI=1S/C15H14N2O3S/c1-21-13-8-6-12(7-9-13)16-15(18)10-11-4-2-3-5-14(11)17(19)20/h2-9H,10H2,1H3,(H,16,18). The van der Waals surface area contributed by atoms with Crippen LogP contribution in [0.4, 0.5) is 11.4 Å². The summed E-state index contributed by atoms with van der Waals surface area (Å²) >= 11 is 1.62. The van der Waals surface area contributed by atoms with E-state index in [9.17, 15) is 14.9 Å². The topological polar surface area (TPSA) is 72.2 Å². The van der Waals surface area contributed by atoms with Crippen molar-refractivity contribution in [1.82, 2.24) is 0 Å². The fourth-order valence-corrected chi connectivity index (χ4v) is 2.30. The lowest BCUT2D eigenvalue weighted by molar-refractivity contribution is -0.385. The molecule has 2 aromatic rings. The van der Waals surface area contributed by atoms with E-state index in [2.05, 4.69) is 5.32 Å². The van der Waals surface area contributed by atoms with Crippen LogP contribution in [0.3, 0.4) is 0 Å². The van der Waals surface area contributed by atoms with Crippen LogP contribution in [-0.2, 0) is 11.2 Å². The average Bonchev–Trinajstić information content (AvgIpc) is 2.48. The molecule has 108 valence electrons. The first-order chi connectivity index (χ1) is 10.1. The number of benzene rings is 2. The molecule has 21 heavy (non-hydrogen) atoms. The third kappa shape index (κ3) is 4.06. The Morgan fingerprint density at radius 2 is 1.86 bits per heavy atom. The van der Waals surface area contributed by atoms with Crippen LogP contribution in [0.15, 0.2) is 53.4 Å². The second kappa shape index (κ2) is 6.90. The molecule has 1 N–H and O–H groups in total. The summed E-state index contributed by atoms with van der Waals surface area (Å²) in [5, 5.41) is 13.6. The molecule has 0 bridgehead atoms. The van der Waals surface area contributed by atoms with Gasteiger partial charge in [0.15, 0.2) is 0 Å². The average molecular weight is 302 g/mol. The Morgan fingerprint density at radius 3 is 2.48 bits per heavy atom. The fraction of sp³-hybridized carbons (Fsp3) is 0.133. The number of carbonyl (C=O) groups is 1. The Morgan fingerprint density at radius 1 is 1.19 bits per heavy atom. The van der Waals surface area contributed by atoms with Crippen molar-refractivity contribution in [3.8, 4) is 0 Å². The number of anilines is 1. The Labute approximate surface area is 126 Å². The van der Waals surface area contributed by atoms with Gasteiger partial charge in [0.05, 0.1) is 11.3 Å². The van der Waals surface area contributed by atoms with Crippen molar-refractivity contribution < 1.29 is 9.72 Å². The number of nitro groups is 1. The zero-order valence-corrected chi connectivity index (χ0v) is 12.2. The molecule has 2 aromatic carbocycles. The molecule has 2 rings (SSSR count). The summed E-state index contributed by atoms with van der Waals surface area (Å²) in [6.07, 6.45) is 1.95. The normalized spacial score (nSPS) is 10.1. The molecule has 0 radical (unpaired) electrons. The number of carbonyl (C=O) groups excluding carboxylic acids is 1. The van der Waals surface area contributed by atoms with E-state index >= 15 is 0 Å². The molecule has 6 heteroatoms. The van der Waals surface area contributed by atoms with Gasteiger partial charge in [0.1, 0.15) is 0 Å². The lowest BCUT2D eigenvalue weighted by Gasteiger charge is -2.06. The van der Waals surface area contributed by atoms with Crippen LogP contribution in [0.25, 0.3) is 0 Å². The third-order valence-electron chi connectivity index (χ3n) is 2.91. The van der Waals surface area contributed by atoms with Crippen molar-refractivity contribution in [3.05, 3.63) is 64.2 Å². The molecule has 0 saturated heterocycles. The largest absolute Gasteiger partial charge is 0.326 e. The van der Waals surface area contributed by atoms with Crippen molar-refractivity contribution >= 4 is 29.0 Å². The van der Waals surface area contributed by atoms with Gasteiger partial charge in [-0.05, 0) is 30.5 Å². The number of nitro benzene ring substituents is 1. The van der Waals surface area contributed by atoms with Gasteiger partial charge in [-0.2, -0.15) is 0 Å². The zero-order valence-electron chi connectivity index (χ0n) is 11.4. The molecule has 0 aliphatic carbocycles. The van der Waals surface area contributed by atoms with Gasteiger partial charge < -0.3 is 5.32 Å². The van der Waals surface area contributed by atoms with Crippen LogP contribution in [-0.4, -0.2) is 17.1 Å². The molecular weight excluding hydrogens is 288 g/mol. The van der Waals surface area contributed by atoms with E-state index in [1.807, 2.05) is 30.5 Å². The molecule has 0 saturated carbocycles. The molecule has 0 atom stereocenters. The first-order valence-electron chi connectivity index (χ1n) is 6.26. The SMILES string of the molecule is CSc1ccc(NC(=O)Cc2ccccc2[N+](=O)[O-])cc1. The van der Waals surface area contributed by atoms with E-state index in [4.69, 9.17) is 0 Å². The highest BCUT2D eigenvalue weighted by Gasteiger charge is 2.15. The van der Waals surface area contributed by atoms with Crippen molar-refractivity contribution in [2.24, 2.45) is 0 Å². The lowest BCUT2D eigenvalue weighted by atomic mass is 10.1. The minimum atomic E-state index is -0.476. The molecule has 0 heterocycles. The summed E-state index contributed by atoms with van der Waals surface area (Å²) in [7, 11) is 0. The van der Waals surface area contributed by atoms with Gasteiger partial charge in [-0.1, -0.05) is 18.2 Å². The molecule has 0 aliphatic heterocycles. The maximum Gasteiger partial charge on any atom is 0.273 e. The van der Waals surface area contributed by atoms with E-state index < -0.39 is 4.92 Å². The van der Waals surface area contributed by atoms with Crippen molar-refractivity contribution in [2.75, 3.05) is 11.6 Å². The molecule has 0 unspecified atom stereocenters. The molecule has 0 aromatic heterocycles. The van der Waals surface area contributed by atoms with Crippen LogP contribution >= 0.6 is 11.8 Å². The summed E-state index contributed by atoms with van der Waals surface area (Å²) in [6.45, 7) is 0. The highest BCUT2D eigenvalue weighted by molar-refractivity contribution is 7.98. The molecular formula is C15H14N2O3S. The highest BCUT2D eigenvalue weighted by atomic mass is 32.2. The summed E-state index contributed by atoms with van der Waals surface area (Å²) < 4.78 is 0. The number of nitrogens with one attached hydrogen (secondary N) is 1. The van der Waals surface area contributed by atoms with Crippen LogP contribution in [0, 0.1) is 10.1 Å². The maximum atomic E-state index is 12.0. The van der Waals surface area contributed by atoms with E-state index in [0.29, 0.717) is 11.3 Å². The van der Waals surface area contributed by atoms with Gasteiger partial charge >= 0.3 is 0 Å². The first kappa shape index (κ1) is 15.1. The molecule has 0 spiro atoms. The Kier molecular flexibility index (Phi) is 4.94. The maximum absolute atomic E-state index is 12.0. The molecule has 1 amide bonds. The Bertz CT molecular complexity index is 656. The number of thioether (sulfide) groups is 1. The predicted molar refractivity (Wildman–Crippen MR) is 83.7 cm³/mol. The van der Waals surface area contributed by atoms with Gasteiger partial charge in [-0.3, -0.25) is 14.9 Å². The minimum Gasteiger partial charge on any atom is -0.326 e. The smallest absolute Gasteiger partial charge is 0.273 e. The minimum absolute atomic E-state index is 0.0264. The van der Waals surface area contributed by atoms with Gasteiger partial charge in [-0.15, -0.1) is 11.8 Å². The number of nitrogens with zero attached hydrogens (tertiary/aromatic N) is 1. The third-order valence-corrected chi connectivity index (χ3v) is 3.66. The van der Waals surface area contributed by atoms with Gasteiger partial charge in [0, 0.05) is 22.2 Å². The summed E-state index contributed by atoms with van der Waals surface area (Å²) in [4.78, 5) is 23.5. The summed E-state index contributed by atoms with van der Waals surface area (Å²) in [5.74, 6) is -0.277. The Balaban J connectivity index is 2.06. The number of hydrogen-bond donors (Lipinski definition) is 1. The fourth-order valence-electron chi connectivity index (χ4n) is 1.89.